The molecule has 0 aliphatic carbocycles. The minimum absolute atomic E-state index is 0.582. The van der Waals surface area contributed by atoms with Crippen LogP contribution in [0.3, 0.4) is 0 Å². The molecule has 0 aliphatic heterocycles. The van der Waals surface area contributed by atoms with Crippen molar-refractivity contribution in [2.24, 2.45) is 0 Å². The zero-order valence-electron chi connectivity index (χ0n) is 17.3. The van der Waals surface area contributed by atoms with E-state index in [1.54, 1.807) is 21.3 Å². The van der Waals surface area contributed by atoms with Gasteiger partial charge in [-0.3, -0.25) is 0 Å². The molecule has 5 heteroatoms. The van der Waals surface area contributed by atoms with Crippen molar-refractivity contribution in [2.45, 2.75) is 6.42 Å². The highest BCUT2D eigenvalue weighted by molar-refractivity contribution is 5.78. The fraction of sp³-hybridized carbons (Fsp3) is 0.160. The number of hydrogen-bond donors (Lipinski definition) is 1. The van der Waals surface area contributed by atoms with Crippen molar-refractivity contribution in [1.29, 1.82) is 0 Å². The van der Waals surface area contributed by atoms with Crippen LogP contribution in [0, 0.1) is 0 Å². The molecule has 1 N–H and O–H groups in total. The Labute approximate surface area is 176 Å². The van der Waals surface area contributed by atoms with Crippen molar-refractivity contribution in [1.82, 2.24) is 9.97 Å². The number of hydrogen-bond acceptors (Lipinski definition) is 4. The number of imidazole rings is 1. The first-order chi connectivity index (χ1) is 14.7. The standard InChI is InChI=1S/C25H24N2O3/c1-28-20-14-17(15-21(29-2)25(20)30-3)16-22-26-23(18-10-6-4-7-11-18)24(27-22)19-12-8-5-9-13-19/h4-15H,16H2,1-3H3,(H,26,27). The van der Waals surface area contributed by atoms with E-state index in [0.717, 1.165) is 33.9 Å². The zero-order valence-corrected chi connectivity index (χ0v) is 17.3. The first kappa shape index (κ1) is 19.6. The molecule has 0 fully saturated rings. The number of ether oxygens (including phenoxy) is 3. The molecule has 1 aromatic heterocycles. The lowest BCUT2D eigenvalue weighted by atomic mass is 10.1. The Morgan fingerprint density at radius 2 is 1.30 bits per heavy atom. The highest BCUT2D eigenvalue weighted by Gasteiger charge is 2.17. The van der Waals surface area contributed by atoms with Gasteiger partial charge in [-0.2, -0.15) is 0 Å². The number of nitrogens with zero attached hydrogens (tertiary/aromatic N) is 1. The predicted molar refractivity (Wildman–Crippen MR) is 118 cm³/mol. The minimum atomic E-state index is 0.582. The summed E-state index contributed by atoms with van der Waals surface area (Å²) in [4.78, 5) is 8.46. The van der Waals surface area contributed by atoms with Gasteiger partial charge in [-0.25, -0.2) is 4.98 Å². The Balaban J connectivity index is 1.77. The minimum Gasteiger partial charge on any atom is -0.493 e. The van der Waals surface area contributed by atoms with E-state index >= 15 is 0 Å². The smallest absolute Gasteiger partial charge is 0.203 e. The van der Waals surface area contributed by atoms with Gasteiger partial charge >= 0.3 is 0 Å². The highest BCUT2D eigenvalue weighted by Crippen LogP contribution is 2.39. The van der Waals surface area contributed by atoms with Crippen molar-refractivity contribution in [3.8, 4) is 39.8 Å². The van der Waals surface area contributed by atoms with Crippen molar-refractivity contribution in [3.05, 3.63) is 84.2 Å². The van der Waals surface area contributed by atoms with Crippen LogP contribution in [0.5, 0.6) is 17.2 Å². The van der Waals surface area contributed by atoms with E-state index in [1.807, 2.05) is 48.5 Å². The maximum Gasteiger partial charge on any atom is 0.203 e. The Kier molecular flexibility index (Phi) is 5.70. The number of nitrogens with one attached hydrogen (secondary N) is 1. The van der Waals surface area contributed by atoms with Crippen LogP contribution in [0.4, 0.5) is 0 Å². The Morgan fingerprint density at radius 1 is 0.733 bits per heavy atom. The molecule has 30 heavy (non-hydrogen) atoms. The normalized spacial score (nSPS) is 10.6. The third kappa shape index (κ3) is 3.87. The summed E-state index contributed by atoms with van der Waals surface area (Å²) in [5.41, 5.74) is 5.12. The van der Waals surface area contributed by atoms with Gasteiger partial charge in [0, 0.05) is 17.5 Å². The molecule has 0 aliphatic rings. The Morgan fingerprint density at radius 3 is 1.83 bits per heavy atom. The summed E-state index contributed by atoms with van der Waals surface area (Å²) in [5.74, 6) is 2.70. The number of rotatable bonds is 7. The van der Waals surface area contributed by atoms with Gasteiger partial charge in [-0.15, -0.1) is 0 Å². The number of H-pyrrole nitrogens is 1. The Hall–Kier alpha value is -3.73. The summed E-state index contributed by atoms with van der Waals surface area (Å²) in [6.45, 7) is 0. The van der Waals surface area contributed by atoms with Crippen LogP contribution in [0.25, 0.3) is 22.5 Å². The molecule has 0 unspecified atom stereocenters. The quantitative estimate of drug-likeness (QED) is 0.454. The lowest BCUT2D eigenvalue weighted by molar-refractivity contribution is 0.324. The first-order valence-electron chi connectivity index (χ1n) is 9.72. The average Bonchev–Trinajstić information content (AvgIpc) is 3.23. The van der Waals surface area contributed by atoms with Crippen molar-refractivity contribution < 1.29 is 14.2 Å². The molecule has 0 bridgehead atoms. The van der Waals surface area contributed by atoms with Crippen LogP contribution in [-0.4, -0.2) is 31.3 Å². The zero-order chi connectivity index (χ0) is 20.9. The SMILES string of the molecule is COc1cc(Cc2nc(-c3ccccc3)c(-c3ccccc3)[nH]2)cc(OC)c1OC. The van der Waals surface area contributed by atoms with Gasteiger partial charge in [-0.05, 0) is 17.7 Å². The predicted octanol–water partition coefficient (Wildman–Crippen LogP) is 5.36. The molecule has 0 spiro atoms. The van der Waals surface area contributed by atoms with E-state index < -0.39 is 0 Å². The van der Waals surface area contributed by atoms with Gasteiger partial charge in [0.2, 0.25) is 5.75 Å². The molecule has 0 saturated heterocycles. The van der Waals surface area contributed by atoms with Gasteiger partial charge < -0.3 is 19.2 Å². The second-order valence-electron chi connectivity index (χ2n) is 6.85. The van der Waals surface area contributed by atoms with Crippen molar-refractivity contribution in [2.75, 3.05) is 21.3 Å². The topological polar surface area (TPSA) is 56.4 Å². The molecule has 0 radical (unpaired) electrons. The molecule has 3 aromatic carbocycles. The van der Waals surface area contributed by atoms with Crippen molar-refractivity contribution >= 4 is 0 Å². The fourth-order valence-corrected chi connectivity index (χ4v) is 3.56. The fourth-order valence-electron chi connectivity index (χ4n) is 3.56. The molecule has 4 rings (SSSR count). The highest BCUT2D eigenvalue weighted by atomic mass is 16.5. The van der Waals surface area contributed by atoms with Gasteiger partial charge in [0.15, 0.2) is 11.5 Å². The molecular formula is C25H24N2O3. The molecule has 0 saturated carbocycles. The summed E-state index contributed by atoms with van der Waals surface area (Å²) >= 11 is 0. The van der Waals surface area contributed by atoms with Crippen LogP contribution >= 0.6 is 0 Å². The lowest BCUT2D eigenvalue weighted by Gasteiger charge is -2.13. The second-order valence-corrected chi connectivity index (χ2v) is 6.85. The largest absolute Gasteiger partial charge is 0.493 e. The molecule has 5 nitrogen and oxygen atoms in total. The van der Waals surface area contributed by atoms with Crippen LogP contribution in [0.1, 0.15) is 11.4 Å². The summed E-state index contributed by atoms with van der Waals surface area (Å²) in [6.07, 6.45) is 0.601. The monoisotopic (exact) mass is 400 g/mol. The molecular weight excluding hydrogens is 376 g/mol. The number of aromatic nitrogens is 2. The first-order valence-corrected chi connectivity index (χ1v) is 9.72. The van der Waals surface area contributed by atoms with Crippen molar-refractivity contribution in [3.63, 3.8) is 0 Å². The third-order valence-electron chi connectivity index (χ3n) is 4.96. The number of benzene rings is 3. The molecule has 1 heterocycles. The maximum atomic E-state index is 5.49. The maximum absolute atomic E-state index is 5.49. The van der Waals surface area contributed by atoms with Gasteiger partial charge in [0.1, 0.15) is 5.82 Å². The van der Waals surface area contributed by atoms with E-state index in [4.69, 9.17) is 19.2 Å². The number of methoxy groups -OCH3 is 3. The molecule has 4 aromatic rings. The molecule has 0 atom stereocenters. The van der Waals surface area contributed by atoms with Crippen LogP contribution in [-0.2, 0) is 6.42 Å². The lowest BCUT2D eigenvalue weighted by Crippen LogP contribution is -1.98. The van der Waals surface area contributed by atoms with Crippen LogP contribution < -0.4 is 14.2 Å². The van der Waals surface area contributed by atoms with Crippen LogP contribution in [0.15, 0.2) is 72.8 Å². The van der Waals surface area contributed by atoms with Gasteiger partial charge in [0.05, 0.1) is 32.7 Å². The van der Waals surface area contributed by atoms with E-state index in [9.17, 15) is 0 Å². The molecule has 0 amide bonds. The van der Waals surface area contributed by atoms with E-state index in [1.165, 1.54) is 0 Å². The van der Waals surface area contributed by atoms with Crippen LogP contribution in [0.2, 0.25) is 0 Å². The number of aromatic amines is 1. The van der Waals surface area contributed by atoms with E-state index in [-0.39, 0.29) is 0 Å². The van der Waals surface area contributed by atoms with E-state index in [0.29, 0.717) is 23.7 Å². The summed E-state index contributed by atoms with van der Waals surface area (Å²) in [6, 6.07) is 24.4. The summed E-state index contributed by atoms with van der Waals surface area (Å²) in [7, 11) is 4.84. The average molecular weight is 400 g/mol. The van der Waals surface area contributed by atoms with E-state index in [2.05, 4.69) is 29.2 Å². The second kappa shape index (κ2) is 8.74. The molecule has 152 valence electrons. The third-order valence-corrected chi connectivity index (χ3v) is 4.96. The summed E-state index contributed by atoms with van der Waals surface area (Å²) in [5, 5.41) is 0. The van der Waals surface area contributed by atoms with Gasteiger partial charge in [0.25, 0.3) is 0 Å². The Bertz CT molecular complexity index is 1040. The van der Waals surface area contributed by atoms with Gasteiger partial charge in [-0.1, -0.05) is 60.7 Å². The summed E-state index contributed by atoms with van der Waals surface area (Å²) < 4.78 is 16.4.